The van der Waals surface area contributed by atoms with Gasteiger partial charge in [-0.3, -0.25) is 0 Å². The quantitative estimate of drug-likeness (QED) is 0.711. The average Bonchev–Trinajstić information content (AvgIpc) is 1.80. The number of hydrogen-bond donors (Lipinski definition) is 1. The molecule has 0 aromatic heterocycles. The Balaban J connectivity index is 2.94. The Hall–Kier alpha value is -0.0800. The normalized spacial score (nSPS) is 22.6. The summed E-state index contributed by atoms with van der Waals surface area (Å²) in [5.74, 6) is 0. The SMILES string of the molecule is CNC(C)(C)C1(C(C)(C)C)COC1. The van der Waals surface area contributed by atoms with Crippen LogP contribution in [0.1, 0.15) is 34.6 Å². The molecule has 1 rings (SSSR count). The van der Waals surface area contributed by atoms with Gasteiger partial charge in [0.25, 0.3) is 0 Å². The summed E-state index contributed by atoms with van der Waals surface area (Å²) in [5, 5.41) is 3.41. The highest BCUT2D eigenvalue weighted by molar-refractivity contribution is 5.08. The molecule has 1 aliphatic rings. The van der Waals surface area contributed by atoms with Gasteiger partial charge in [0, 0.05) is 11.0 Å². The van der Waals surface area contributed by atoms with E-state index in [2.05, 4.69) is 39.9 Å². The maximum absolute atomic E-state index is 5.41. The first kappa shape index (κ1) is 11.0. The van der Waals surface area contributed by atoms with Gasteiger partial charge in [-0.15, -0.1) is 0 Å². The van der Waals surface area contributed by atoms with Gasteiger partial charge < -0.3 is 10.1 Å². The minimum absolute atomic E-state index is 0.142. The van der Waals surface area contributed by atoms with Gasteiger partial charge in [-0.1, -0.05) is 20.8 Å². The molecule has 0 aliphatic carbocycles. The van der Waals surface area contributed by atoms with Crippen molar-refractivity contribution >= 4 is 0 Å². The summed E-state index contributed by atoms with van der Waals surface area (Å²) in [5.41, 5.74) is 0.704. The number of hydrogen-bond acceptors (Lipinski definition) is 2. The van der Waals surface area contributed by atoms with Crippen LogP contribution in [0.5, 0.6) is 0 Å². The Bertz CT molecular complexity index is 187. The monoisotopic (exact) mass is 185 g/mol. The third-order valence-electron chi connectivity index (χ3n) is 3.95. The molecule has 0 aromatic carbocycles. The Labute approximate surface area is 82.0 Å². The second-order valence-corrected chi connectivity index (χ2v) is 5.70. The van der Waals surface area contributed by atoms with Gasteiger partial charge in [-0.25, -0.2) is 0 Å². The third kappa shape index (κ3) is 1.40. The zero-order valence-corrected chi connectivity index (χ0v) is 9.82. The molecule has 0 bridgehead atoms. The zero-order chi connectivity index (χ0) is 10.3. The highest BCUT2D eigenvalue weighted by Crippen LogP contribution is 2.51. The van der Waals surface area contributed by atoms with Crippen molar-refractivity contribution < 1.29 is 4.74 Å². The second kappa shape index (κ2) is 2.96. The van der Waals surface area contributed by atoms with E-state index in [1.807, 2.05) is 7.05 Å². The molecule has 13 heavy (non-hydrogen) atoms. The lowest BCUT2D eigenvalue weighted by Crippen LogP contribution is -2.68. The highest BCUT2D eigenvalue weighted by Gasteiger charge is 2.57. The van der Waals surface area contributed by atoms with Gasteiger partial charge in [0.1, 0.15) is 0 Å². The Kier molecular flexibility index (Phi) is 2.50. The first-order chi connectivity index (χ1) is 5.77. The Morgan fingerprint density at radius 1 is 1.08 bits per heavy atom. The first-order valence-electron chi connectivity index (χ1n) is 5.03. The molecule has 0 spiro atoms. The lowest BCUT2D eigenvalue weighted by molar-refractivity contribution is -0.209. The number of ether oxygens (including phenoxy) is 1. The molecule has 1 aliphatic heterocycles. The predicted octanol–water partition coefficient (Wildman–Crippen LogP) is 2.05. The molecule has 2 heteroatoms. The van der Waals surface area contributed by atoms with Gasteiger partial charge in [0.2, 0.25) is 0 Å². The molecule has 1 heterocycles. The predicted molar refractivity (Wildman–Crippen MR) is 55.8 cm³/mol. The van der Waals surface area contributed by atoms with Crippen molar-refractivity contribution in [1.29, 1.82) is 0 Å². The van der Waals surface area contributed by atoms with Gasteiger partial charge in [-0.05, 0) is 26.3 Å². The lowest BCUT2D eigenvalue weighted by atomic mass is 9.56. The molecule has 0 atom stereocenters. The van der Waals surface area contributed by atoms with E-state index in [9.17, 15) is 0 Å². The summed E-state index contributed by atoms with van der Waals surface area (Å²) in [7, 11) is 2.03. The van der Waals surface area contributed by atoms with Gasteiger partial charge in [-0.2, -0.15) is 0 Å². The van der Waals surface area contributed by atoms with Crippen LogP contribution >= 0.6 is 0 Å². The van der Waals surface area contributed by atoms with Crippen LogP contribution in [0.25, 0.3) is 0 Å². The van der Waals surface area contributed by atoms with Crippen LogP contribution in [-0.4, -0.2) is 25.8 Å². The molecular formula is C11H23NO. The molecule has 0 unspecified atom stereocenters. The molecule has 2 nitrogen and oxygen atoms in total. The maximum Gasteiger partial charge on any atom is 0.0567 e. The summed E-state index contributed by atoms with van der Waals surface area (Å²) in [6.07, 6.45) is 0. The van der Waals surface area contributed by atoms with Crippen molar-refractivity contribution in [1.82, 2.24) is 5.32 Å². The second-order valence-electron chi connectivity index (χ2n) is 5.70. The van der Waals surface area contributed by atoms with E-state index in [4.69, 9.17) is 4.74 Å². The molecule has 0 radical (unpaired) electrons. The fourth-order valence-corrected chi connectivity index (χ4v) is 2.28. The number of rotatable bonds is 2. The minimum atomic E-state index is 0.142. The van der Waals surface area contributed by atoms with Crippen LogP contribution in [0.2, 0.25) is 0 Å². The van der Waals surface area contributed by atoms with Crippen LogP contribution < -0.4 is 5.32 Å². The maximum atomic E-state index is 5.41. The van der Waals surface area contributed by atoms with E-state index in [-0.39, 0.29) is 16.4 Å². The summed E-state index contributed by atoms with van der Waals surface area (Å²) in [6, 6.07) is 0. The highest BCUT2D eigenvalue weighted by atomic mass is 16.5. The van der Waals surface area contributed by atoms with Crippen molar-refractivity contribution in [2.45, 2.75) is 40.2 Å². The fourth-order valence-electron chi connectivity index (χ4n) is 2.28. The minimum Gasteiger partial charge on any atom is -0.380 e. The van der Waals surface area contributed by atoms with E-state index in [0.29, 0.717) is 0 Å². The van der Waals surface area contributed by atoms with Crippen molar-refractivity contribution in [3.63, 3.8) is 0 Å². The van der Waals surface area contributed by atoms with Crippen molar-refractivity contribution in [3.8, 4) is 0 Å². The molecule has 1 saturated heterocycles. The van der Waals surface area contributed by atoms with Crippen molar-refractivity contribution in [2.24, 2.45) is 10.8 Å². The Morgan fingerprint density at radius 2 is 1.54 bits per heavy atom. The first-order valence-corrected chi connectivity index (χ1v) is 5.03. The molecule has 1 N–H and O–H groups in total. The molecule has 1 fully saturated rings. The third-order valence-corrected chi connectivity index (χ3v) is 3.95. The van der Waals surface area contributed by atoms with E-state index in [0.717, 1.165) is 13.2 Å². The van der Waals surface area contributed by atoms with Gasteiger partial charge >= 0.3 is 0 Å². The zero-order valence-electron chi connectivity index (χ0n) is 9.82. The van der Waals surface area contributed by atoms with E-state index in [1.165, 1.54) is 0 Å². The lowest BCUT2D eigenvalue weighted by Gasteiger charge is -2.59. The largest absolute Gasteiger partial charge is 0.380 e. The molecule has 0 aromatic rings. The smallest absolute Gasteiger partial charge is 0.0567 e. The summed E-state index contributed by atoms with van der Waals surface area (Å²) >= 11 is 0. The van der Waals surface area contributed by atoms with Crippen LogP contribution in [-0.2, 0) is 4.74 Å². The van der Waals surface area contributed by atoms with E-state index in [1.54, 1.807) is 0 Å². The average molecular weight is 185 g/mol. The summed E-state index contributed by atoms with van der Waals surface area (Å²) in [6.45, 7) is 13.2. The Morgan fingerprint density at radius 3 is 1.62 bits per heavy atom. The molecule has 78 valence electrons. The molecular weight excluding hydrogens is 162 g/mol. The fraction of sp³-hybridized carbons (Fsp3) is 1.00. The van der Waals surface area contributed by atoms with E-state index >= 15 is 0 Å². The molecule has 0 saturated carbocycles. The van der Waals surface area contributed by atoms with Crippen LogP contribution in [0.3, 0.4) is 0 Å². The van der Waals surface area contributed by atoms with Crippen molar-refractivity contribution in [3.05, 3.63) is 0 Å². The van der Waals surface area contributed by atoms with Crippen molar-refractivity contribution in [2.75, 3.05) is 20.3 Å². The van der Waals surface area contributed by atoms with Gasteiger partial charge in [0.15, 0.2) is 0 Å². The number of nitrogens with one attached hydrogen (secondary N) is 1. The van der Waals surface area contributed by atoms with Crippen LogP contribution in [0, 0.1) is 10.8 Å². The topological polar surface area (TPSA) is 21.3 Å². The van der Waals surface area contributed by atoms with E-state index < -0.39 is 0 Å². The molecule has 0 amide bonds. The standard InChI is InChI=1S/C11H23NO/c1-9(2,3)11(7-13-8-11)10(4,5)12-6/h12H,7-8H2,1-6H3. The summed E-state index contributed by atoms with van der Waals surface area (Å²) in [4.78, 5) is 0. The van der Waals surface area contributed by atoms with Crippen LogP contribution in [0.15, 0.2) is 0 Å². The van der Waals surface area contributed by atoms with Crippen LogP contribution in [0.4, 0.5) is 0 Å². The summed E-state index contributed by atoms with van der Waals surface area (Å²) < 4.78 is 5.41. The van der Waals surface area contributed by atoms with Gasteiger partial charge in [0.05, 0.1) is 13.2 Å².